The summed E-state index contributed by atoms with van der Waals surface area (Å²) in [6, 6.07) is 11.1. The summed E-state index contributed by atoms with van der Waals surface area (Å²) in [4.78, 5) is 0. The van der Waals surface area contributed by atoms with Gasteiger partial charge in [0.2, 0.25) is 0 Å². The van der Waals surface area contributed by atoms with Gasteiger partial charge in [-0.3, -0.25) is 0 Å². The Labute approximate surface area is 116 Å². The van der Waals surface area contributed by atoms with Gasteiger partial charge in [-0.2, -0.15) is 13.2 Å². The van der Waals surface area contributed by atoms with Gasteiger partial charge in [-0.05, 0) is 37.1 Å². The highest BCUT2D eigenvalue weighted by Gasteiger charge is 2.32. The first-order chi connectivity index (χ1) is 9.39. The van der Waals surface area contributed by atoms with Crippen LogP contribution >= 0.6 is 0 Å². The van der Waals surface area contributed by atoms with Gasteiger partial charge >= 0.3 is 6.18 Å². The molecule has 0 spiro atoms. The van der Waals surface area contributed by atoms with E-state index in [1.165, 1.54) is 12.1 Å². The second kappa shape index (κ2) is 5.42. The number of halogens is 3. The first kappa shape index (κ1) is 14.2. The molecule has 0 aliphatic heterocycles. The lowest BCUT2D eigenvalue weighted by Gasteiger charge is -2.08. The Morgan fingerprint density at radius 3 is 2.00 bits per heavy atom. The van der Waals surface area contributed by atoms with E-state index in [-0.39, 0.29) is 5.56 Å². The third kappa shape index (κ3) is 3.03. The van der Waals surface area contributed by atoms with E-state index in [0.717, 1.165) is 22.8 Å². The van der Waals surface area contributed by atoms with Crippen LogP contribution in [0.15, 0.2) is 42.5 Å². The Hall–Kier alpha value is -2.21. The fourth-order valence-corrected chi connectivity index (χ4v) is 1.98. The van der Waals surface area contributed by atoms with E-state index < -0.39 is 11.7 Å². The molecular weight excluding hydrogens is 261 g/mol. The quantitative estimate of drug-likeness (QED) is 0.610. The largest absolute Gasteiger partial charge is 0.417 e. The standard InChI is InChI=1S/C17H13F3/c1-12-6-5-7-13(2)15(12)11-10-14-8-3-4-9-16(14)17(18,19)20/h3-9H,1-2H3. The highest BCUT2D eigenvalue weighted by atomic mass is 19.4. The minimum atomic E-state index is -4.38. The molecule has 102 valence electrons. The molecule has 0 unspecified atom stereocenters. The van der Waals surface area contributed by atoms with Crippen LogP contribution in [0.1, 0.15) is 27.8 Å². The Balaban J connectivity index is 2.50. The van der Waals surface area contributed by atoms with Crippen molar-refractivity contribution in [2.75, 3.05) is 0 Å². The molecule has 0 aromatic heterocycles. The number of hydrogen-bond donors (Lipinski definition) is 0. The summed E-state index contributed by atoms with van der Waals surface area (Å²) in [7, 11) is 0. The van der Waals surface area contributed by atoms with Gasteiger partial charge in [-0.15, -0.1) is 0 Å². The molecular formula is C17H13F3. The number of hydrogen-bond acceptors (Lipinski definition) is 0. The van der Waals surface area contributed by atoms with Crippen molar-refractivity contribution < 1.29 is 13.2 Å². The van der Waals surface area contributed by atoms with Crippen LogP contribution < -0.4 is 0 Å². The molecule has 0 atom stereocenters. The van der Waals surface area contributed by atoms with E-state index in [0.29, 0.717) is 0 Å². The predicted octanol–water partition coefficient (Wildman–Crippen LogP) is 4.72. The van der Waals surface area contributed by atoms with Crippen LogP contribution in [-0.2, 0) is 6.18 Å². The highest BCUT2D eigenvalue weighted by molar-refractivity contribution is 5.52. The zero-order valence-corrected chi connectivity index (χ0v) is 11.2. The zero-order valence-electron chi connectivity index (χ0n) is 11.2. The van der Waals surface area contributed by atoms with Crippen LogP contribution in [0.25, 0.3) is 0 Å². The minimum Gasteiger partial charge on any atom is -0.166 e. The third-order valence-corrected chi connectivity index (χ3v) is 3.04. The van der Waals surface area contributed by atoms with Gasteiger partial charge < -0.3 is 0 Å². The summed E-state index contributed by atoms with van der Waals surface area (Å²) in [6.07, 6.45) is -4.38. The van der Waals surface area contributed by atoms with E-state index in [9.17, 15) is 13.2 Å². The number of rotatable bonds is 0. The van der Waals surface area contributed by atoms with E-state index in [4.69, 9.17) is 0 Å². The van der Waals surface area contributed by atoms with Gasteiger partial charge in [0.05, 0.1) is 5.56 Å². The van der Waals surface area contributed by atoms with Crippen molar-refractivity contribution in [3.05, 3.63) is 70.3 Å². The van der Waals surface area contributed by atoms with Crippen molar-refractivity contribution >= 4 is 0 Å². The maximum atomic E-state index is 12.9. The van der Waals surface area contributed by atoms with E-state index in [2.05, 4.69) is 11.8 Å². The van der Waals surface area contributed by atoms with Gasteiger partial charge in [-0.1, -0.05) is 42.2 Å². The van der Waals surface area contributed by atoms with E-state index >= 15 is 0 Å². The molecule has 0 aliphatic carbocycles. The van der Waals surface area contributed by atoms with Gasteiger partial charge in [0, 0.05) is 11.1 Å². The van der Waals surface area contributed by atoms with Crippen molar-refractivity contribution in [2.45, 2.75) is 20.0 Å². The summed E-state index contributed by atoms with van der Waals surface area (Å²) in [5.74, 6) is 5.51. The van der Waals surface area contributed by atoms with Crippen LogP contribution in [0.3, 0.4) is 0 Å². The summed E-state index contributed by atoms with van der Waals surface area (Å²) >= 11 is 0. The first-order valence-electron chi connectivity index (χ1n) is 6.14. The Kier molecular flexibility index (Phi) is 3.85. The van der Waals surface area contributed by atoms with Gasteiger partial charge in [0.15, 0.2) is 0 Å². The second-order valence-corrected chi connectivity index (χ2v) is 4.56. The Bertz CT molecular complexity index is 665. The maximum Gasteiger partial charge on any atom is 0.417 e. The number of aryl methyl sites for hydroxylation is 2. The van der Waals surface area contributed by atoms with Crippen LogP contribution in [0, 0.1) is 25.7 Å². The van der Waals surface area contributed by atoms with Crippen LogP contribution in [-0.4, -0.2) is 0 Å². The monoisotopic (exact) mass is 274 g/mol. The zero-order chi connectivity index (χ0) is 14.8. The molecule has 0 radical (unpaired) electrons. The summed E-state index contributed by atoms with van der Waals surface area (Å²) in [5, 5.41) is 0. The van der Waals surface area contributed by atoms with Crippen LogP contribution in [0.5, 0.6) is 0 Å². The summed E-state index contributed by atoms with van der Waals surface area (Å²) in [6.45, 7) is 3.79. The predicted molar refractivity (Wildman–Crippen MR) is 73.3 cm³/mol. The van der Waals surface area contributed by atoms with Crippen molar-refractivity contribution in [2.24, 2.45) is 0 Å². The maximum absolute atomic E-state index is 12.9. The second-order valence-electron chi connectivity index (χ2n) is 4.56. The van der Waals surface area contributed by atoms with Crippen molar-refractivity contribution in [3.63, 3.8) is 0 Å². The summed E-state index contributed by atoms with van der Waals surface area (Å²) < 4.78 is 38.6. The van der Waals surface area contributed by atoms with Gasteiger partial charge in [0.25, 0.3) is 0 Å². The van der Waals surface area contributed by atoms with Crippen LogP contribution in [0.4, 0.5) is 13.2 Å². The summed E-state index contributed by atoms with van der Waals surface area (Å²) in [5.41, 5.74) is 2.01. The Morgan fingerprint density at radius 1 is 0.800 bits per heavy atom. The lowest BCUT2D eigenvalue weighted by atomic mass is 10.0. The van der Waals surface area contributed by atoms with Crippen LogP contribution in [0.2, 0.25) is 0 Å². The minimum absolute atomic E-state index is 0.00246. The number of benzene rings is 2. The molecule has 0 fully saturated rings. The Morgan fingerprint density at radius 2 is 1.40 bits per heavy atom. The van der Waals surface area contributed by atoms with Crippen molar-refractivity contribution in [1.82, 2.24) is 0 Å². The lowest BCUT2D eigenvalue weighted by Crippen LogP contribution is -2.07. The normalized spacial score (nSPS) is 10.8. The molecule has 0 N–H and O–H groups in total. The van der Waals surface area contributed by atoms with Crippen molar-refractivity contribution in [3.8, 4) is 11.8 Å². The molecule has 2 aromatic carbocycles. The van der Waals surface area contributed by atoms with Gasteiger partial charge in [-0.25, -0.2) is 0 Å². The fourth-order valence-electron chi connectivity index (χ4n) is 1.98. The highest BCUT2D eigenvalue weighted by Crippen LogP contribution is 2.31. The van der Waals surface area contributed by atoms with Crippen molar-refractivity contribution in [1.29, 1.82) is 0 Å². The molecule has 0 aliphatic rings. The van der Waals surface area contributed by atoms with Gasteiger partial charge in [0.1, 0.15) is 0 Å². The molecule has 2 aromatic rings. The lowest BCUT2D eigenvalue weighted by molar-refractivity contribution is -0.137. The average Bonchev–Trinajstić information content (AvgIpc) is 2.37. The molecule has 0 bridgehead atoms. The number of alkyl halides is 3. The fraction of sp³-hybridized carbons (Fsp3) is 0.176. The topological polar surface area (TPSA) is 0 Å². The first-order valence-corrected chi connectivity index (χ1v) is 6.14. The molecule has 20 heavy (non-hydrogen) atoms. The molecule has 0 amide bonds. The molecule has 0 saturated heterocycles. The SMILES string of the molecule is Cc1cccc(C)c1C#Cc1ccccc1C(F)(F)F. The van der Waals surface area contributed by atoms with E-state index in [1.807, 2.05) is 32.0 Å². The third-order valence-electron chi connectivity index (χ3n) is 3.04. The molecule has 0 nitrogen and oxygen atoms in total. The average molecular weight is 274 g/mol. The molecule has 0 saturated carbocycles. The van der Waals surface area contributed by atoms with E-state index in [1.54, 1.807) is 6.07 Å². The smallest absolute Gasteiger partial charge is 0.166 e. The molecule has 0 heterocycles. The molecule has 3 heteroatoms. The molecule has 2 rings (SSSR count).